The van der Waals surface area contributed by atoms with Crippen molar-refractivity contribution in [2.75, 3.05) is 19.6 Å². The topological polar surface area (TPSA) is 24.7 Å². The van der Waals surface area contributed by atoms with Gasteiger partial charge in [0.2, 0.25) is 13.0 Å². The number of carbonyl (C=O) groups is 1. The van der Waals surface area contributed by atoms with Gasteiger partial charge in [0.25, 0.3) is 0 Å². The van der Waals surface area contributed by atoms with Crippen LogP contribution < -0.4 is 0 Å². The van der Waals surface area contributed by atoms with E-state index in [0.29, 0.717) is 19.6 Å². The molecule has 0 aromatic heterocycles. The first kappa shape index (κ1) is 7.96. The number of nitrogens with zero attached hydrogens (tertiary/aromatic N) is 2. The van der Waals surface area contributed by atoms with Gasteiger partial charge in [-0.05, 0) is 6.92 Å². The Hall–Kier alpha value is -1.04. The van der Waals surface area contributed by atoms with E-state index in [0.717, 1.165) is 6.41 Å². The van der Waals surface area contributed by atoms with Crippen molar-refractivity contribution in [1.29, 1.82) is 0 Å². The third kappa shape index (κ3) is 3.53. The van der Waals surface area contributed by atoms with Crippen LogP contribution in [0.1, 0.15) is 6.92 Å². The van der Waals surface area contributed by atoms with Crippen LogP contribution in [0.5, 0.6) is 0 Å². The van der Waals surface area contributed by atoms with Crippen LogP contribution in [0.15, 0.2) is 0 Å². The smallest absolute Gasteiger partial charge is 0.232 e. The van der Waals surface area contributed by atoms with Crippen molar-refractivity contribution in [2.45, 2.75) is 6.92 Å². The van der Waals surface area contributed by atoms with Crippen molar-refractivity contribution in [3.8, 4) is 0 Å². The lowest BCUT2D eigenvalue weighted by Gasteiger charge is -2.08. The molecule has 0 unspecified atom stereocenters. The van der Waals surface area contributed by atoms with Crippen molar-refractivity contribution in [1.82, 2.24) is 4.90 Å². The molecule has 0 spiro atoms. The zero-order chi connectivity index (χ0) is 7.11. The molecule has 9 heavy (non-hydrogen) atoms. The minimum Gasteiger partial charge on any atom is -0.338 e. The maximum absolute atomic E-state index is 10.1. The monoisotopic (exact) mass is 126 g/mol. The minimum atomic E-state index is 0.409. The van der Waals surface area contributed by atoms with Gasteiger partial charge in [-0.15, -0.1) is 0 Å². The first-order chi connectivity index (χ1) is 4.35. The van der Waals surface area contributed by atoms with Crippen LogP contribution in [-0.2, 0) is 4.79 Å². The summed E-state index contributed by atoms with van der Waals surface area (Å²) in [6.07, 6.45) is 0.769. The van der Waals surface area contributed by atoms with Gasteiger partial charge in [-0.25, -0.2) is 6.57 Å². The highest BCUT2D eigenvalue weighted by atomic mass is 16.1. The Morgan fingerprint density at radius 2 is 2.44 bits per heavy atom. The quantitative estimate of drug-likeness (QED) is 0.395. The molecule has 0 aliphatic heterocycles. The van der Waals surface area contributed by atoms with Crippen LogP contribution in [-0.4, -0.2) is 30.9 Å². The molecule has 0 saturated carbocycles. The van der Waals surface area contributed by atoms with E-state index in [2.05, 4.69) is 4.85 Å². The summed E-state index contributed by atoms with van der Waals surface area (Å²) >= 11 is 0. The van der Waals surface area contributed by atoms with Gasteiger partial charge >= 0.3 is 0 Å². The van der Waals surface area contributed by atoms with Crippen LogP contribution in [0.4, 0.5) is 0 Å². The van der Waals surface area contributed by atoms with Gasteiger partial charge in [0.05, 0.1) is 6.54 Å². The van der Waals surface area contributed by atoms with E-state index in [1.165, 1.54) is 0 Å². The molecular weight excluding hydrogens is 116 g/mol. The minimum absolute atomic E-state index is 0.409. The van der Waals surface area contributed by atoms with Gasteiger partial charge in [-0.3, -0.25) is 4.79 Å². The molecule has 0 fully saturated rings. The molecule has 0 radical (unpaired) electrons. The number of rotatable bonds is 4. The lowest BCUT2D eigenvalue weighted by molar-refractivity contribution is -0.117. The SMILES string of the molecule is [C-]#[N+]CCN(C=O)CC. The average molecular weight is 126 g/mol. The maximum atomic E-state index is 10.1. The molecule has 3 heteroatoms. The van der Waals surface area contributed by atoms with Crippen molar-refractivity contribution < 1.29 is 4.79 Å². The Labute approximate surface area is 55.1 Å². The predicted octanol–water partition coefficient (Wildman–Crippen LogP) is 0.384. The van der Waals surface area contributed by atoms with E-state index in [9.17, 15) is 4.79 Å². The van der Waals surface area contributed by atoms with Gasteiger partial charge in [-0.1, -0.05) is 0 Å². The van der Waals surface area contributed by atoms with Gasteiger partial charge in [0.15, 0.2) is 0 Å². The largest absolute Gasteiger partial charge is 0.338 e. The van der Waals surface area contributed by atoms with E-state index >= 15 is 0 Å². The summed E-state index contributed by atoms with van der Waals surface area (Å²) in [5, 5.41) is 0. The Balaban J connectivity index is 3.33. The van der Waals surface area contributed by atoms with Gasteiger partial charge < -0.3 is 9.74 Å². The second kappa shape index (κ2) is 5.10. The first-order valence-corrected chi connectivity index (χ1v) is 2.87. The first-order valence-electron chi connectivity index (χ1n) is 2.87. The molecule has 0 N–H and O–H groups in total. The molecular formula is C6H10N2O. The Morgan fingerprint density at radius 1 is 1.78 bits per heavy atom. The summed E-state index contributed by atoms with van der Waals surface area (Å²) in [7, 11) is 0. The van der Waals surface area contributed by atoms with Gasteiger partial charge in [-0.2, -0.15) is 0 Å². The fraction of sp³-hybridized carbons (Fsp3) is 0.667. The summed E-state index contributed by atoms with van der Waals surface area (Å²) in [5.74, 6) is 0. The number of amides is 1. The van der Waals surface area contributed by atoms with Crippen LogP contribution in [0.25, 0.3) is 4.85 Å². The summed E-state index contributed by atoms with van der Waals surface area (Å²) in [4.78, 5) is 14.8. The van der Waals surface area contributed by atoms with E-state index in [-0.39, 0.29) is 0 Å². The molecule has 0 heterocycles. The molecule has 1 amide bonds. The third-order valence-corrected chi connectivity index (χ3v) is 1.05. The number of hydrogen-bond donors (Lipinski definition) is 0. The highest BCUT2D eigenvalue weighted by molar-refractivity contribution is 5.46. The molecule has 3 nitrogen and oxygen atoms in total. The van der Waals surface area contributed by atoms with Crippen LogP contribution in [0.2, 0.25) is 0 Å². The fourth-order valence-electron chi connectivity index (χ4n) is 0.464. The van der Waals surface area contributed by atoms with Crippen molar-refractivity contribution in [3.63, 3.8) is 0 Å². The highest BCUT2D eigenvalue weighted by Crippen LogP contribution is 1.80. The molecule has 0 aliphatic rings. The van der Waals surface area contributed by atoms with E-state index in [1.54, 1.807) is 4.90 Å². The Bertz CT molecular complexity index is 117. The lowest BCUT2D eigenvalue weighted by Crippen LogP contribution is -2.23. The van der Waals surface area contributed by atoms with Crippen molar-refractivity contribution in [3.05, 3.63) is 11.4 Å². The van der Waals surface area contributed by atoms with E-state index in [4.69, 9.17) is 6.57 Å². The molecule has 0 saturated heterocycles. The molecule has 0 bridgehead atoms. The zero-order valence-corrected chi connectivity index (χ0v) is 5.50. The summed E-state index contributed by atoms with van der Waals surface area (Å²) in [5.41, 5.74) is 0. The summed E-state index contributed by atoms with van der Waals surface area (Å²) in [6.45, 7) is 9.98. The van der Waals surface area contributed by atoms with Crippen LogP contribution >= 0.6 is 0 Å². The van der Waals surface area contributed by atoms with Gasteiger partial charge in [0, 0.05) is 6.54 Å². The third-order valence-electron chi connectivity index (χ3n) is 1.05. The lowest BCUT2D eigenvalue weighted by atomic mass is 10.5. The van der Waals surface area contributed by atoms with Crippen LogP contribution in [0, 0.1) is 6.57 Å². The van der Waals surface area contributed by atoms with Crippen molar-refractivity contribution in [2.24, 2.45) is 0 Å². The van der Waals surface area contributed by atoms with Crippen LogP contribution in [0.3, 0.4) is 0 Å². The summed E-state index contributed by atoms with van der Waals surface area (Å²) in [6, 6.07) is 0. The Kier molecular flexibility index (Phi) is 4.51. The highest BCUT2D eigenvalue weighted by Gasteiger charge is 1.96. The zero-order valence-electron chi connectivity index (χ0n) is 5.50. The molecule has 0 atom stereocenters. The standard InChI is InChI=1S/C6H10N2O/c1-3-8(6-9)5-4-7-2/h6H,3-5H2,1H3. The van der Waals surface area contributed by atoms with Gasteiger partial charge in [0.1, 0.15) is 0 Å². The maximum Gasteiger partial charge on any atom is 0.232 e. The normalized spacial score (nSPS) is 8.00. The Morgan fingerprint density at radius 3 is 2.78 bits per heavy atom. The number of hydrogen-bond acceptors (Lipinski definition) is 1. The summed E-state index contributed by atoms with van der Waals surface area (Å²) < 4.78 is 0. The second-order valence-electron chi connectivity index (χ2n) is 1.62. The molecule has 0 aromatic rings. The van der Waals surface area contributed by atoms with E-state index < -0.39 is 0 Å². The number of carbonyl (C=O) groups excluding carboxylic acids is 1. The average Bonchev–Trinajstić information content (AvgIpc) is 1.91. The number of likely N-dealkylation sites (N-methyl/N-ethyl adjacent to an activating group) is 1. The fourth-order valence-corrected chi connectivity index (χ4v) is 0.464. The molecule has 0 aliphatic carbocycles. The van der Waals surface area contributed by atoms with E-state index in [1.807, 2.05) is 6.92 Å². The molecule has 0 aromatic carbocycles. The van der Waals surface area contributed by atoms with Crippen molar-refractivity contribution >= 4 is 6.41 Å². The predicted molar refractivity (Wildman–Crippen MR) is 34.8 cm³/mol. The second-order valence-corrected chi connectivity index (χ2v) is 1.62. The molecule has 50 valence electrons. The molecule has 0 rings (SSSR count).